The van der Waals surface area contributed by atoms with Crippen LogP contribution in [0.25, 0.3) is 0 Å². The van der Waals surface area contributed by atoms with Crippen LogP contribution < -0.4 is 5.73 Å². The molecule has 0 aromatic heterocycles. The number of carbonyl (C=O) groups excluding carboxylic acids is 2. The zero-order chi connectivity index (χ0) is 16.7. The summed E-state index contributed by atoms with van der Waals surface area (Å²) >= 11 is 6.00. The Morgan fingerprint density at radius 2 is 1.91 bits per heavy atom. The third kappa shape index (κ3) is 2.94. The molecule has 0 radical (unpaired) electrons. The first-order valence-corrected chi connectivity index (χ1v) is 8.27. The Labute approximate surface area is 133 Å². The molecule has 1 saturated heterocycles. The number of nitrogens with zero attached hydrogens (tertiary/aromatic N) is 2. The molecule has 2 rings (SSSR count). The normalized spacial score (nSPS) is 15.7. The van der Waals surface area contributed by atoms with E-state index >= 15 is 0 Å². The lowest BCUT2D eigenvalue weighted by Gasteiger charge is -2.37. The average Bonchev–Trinajstić information content (AvgIpc) is 2.36. The van der Waals surface area contributed by atoms with E-state index < -0.39 is 21.8 Å². The number of halogens is 1. The molecule has 0 spiro atoms. The second-order valence-electron chi connectivity index (χ2n) is 5.24. The molecule has 22 heavy (non-hydrogen) atoms. The first-order valence-electron chi connectivity index (χ1n) is 6.45. The molecule has 7 nitrogen and oxygen atoms in total. The molecule has 0 atom stereocenters. The van der Waals surface area contributed by atoms with Crippen molar-refractivity contribution in [3.05, 3.63) is 28.8 Å². The highest BCUT2D eigenvalue weighted by Crippen LogP contribution is 2.26. The number of amides is 2. The molecule has 1 aliphatic heterocycles. The van der Waals surface area contributed by atoms with Crippen molar-refractivity contribution in [3.8, 4) is 0 Å². The molecule has 0 saturated carbocycles. The van der Waals surface area contributed by atoms with Crippen LogP contribution in [-0.2, 0) is 14.8 Å². The number of likely N-dealkylation sites (tertiary alicyclic amines) is 1. The van der Waals surface area contributed by atoms with Crippen molar-refractivity contribution >= 4 is 33.4 Å². The van der Waals surface area contributed by atoms with Crippen molar-refractivity contribution in [2.24, 2.45) is 11.7 Å². The molecule has 2 N–H and O–H groups in total. The topological polar surface area (TPSA) is 101 Å². The lowest BCUT2D eigenvalue weighted by atomic mass is 9.98. The van der Waals surface area contributed by atoms with Crippen molar-refractivity contribution in [1.82, 2.24) is 9.21 Å². The van der Waals surface area contributed by atoms with Gasteiger partial charge in [-0.15, -0.1) is 0 Å². The monoisotopic (exact) mass is 345 g/mol. The van der Waals surface area contributed by atoms with Crippen LogP contribution in [0.3, 0.4) is 0 Å². The Balaban J connectivity index is 2.29. The maximum absolute atomic E-state index is 12.3. The molecule has 2 amide bonds. The van der Waals surface area contributed by atoms with Gasteiger partial charge in [0.25, 0.3) is 5.91 Å². The summed E-state index contributed by atoms with van der Waals surface area (Å²) in [6.07, 6.45) is 0. The van der Waals surface area contributed by atoms with Gasteiger partial charge in [-0.2, -0.15) is 0 Å². The number of primary amides is 1. The van der Waals surface area contributed by atoms with E-state index in [2.05, 4.69) is 0 Å². The summed E-state index contributed by atoms with van der Waals surface area (Å²) in [5, 5.41) is 0.158. The van der Waals surface area contributed by atoms with Gasteiger partial charge in [-0.05, 0) is 18.2 Å². The van der Waals surface area contributed by atoms with E-state index in [9.17, 15) is 18.0 Å². The fourth-order valence-corrected chi connectivity index (χ4v) is 3.16. The van der Waals surface area contributed by atoms with Crippen molar-refractivity contribution in [2.75, 3.05) is 27.2 Å². The standard InChI is InChI=1S/C13H16ClN3O4S/c1-16(2)22(20,21)9-3-4-11(14)10(5-9)13(19)17-6-8(7-17)12(15)18/h3-5,8H,6-7H2,1-2H3,(H2,15,18). The third-order valence-electron chi connectivity index (χ3n) is 3.52. The van der Waals surface area contributed by atoms with Crippen LogP contribution in [0.4, 0.5) is 0 Å². The minimum atomic E-state index is -3.66. The second-order valence-corrected chi connectivity index (χ2v) is 7.80. The van der Waals surface area contributed by atoms with Crippen molar-refractivity contribution in [3.63, 3.8) is 0 Å². The number of rotatable bonds is 4. The van der Waals surface area contributed by atoms with Crippen molar-refractivity contribution in [2.45, 2.75) is 4.90 Å². The highest BCUT2D eigenvalue weighted by molar-refractivity contribution is 7.89. The Kier molecular flexibility index (Phi) is 4.46. The smallest absolute Gasteiger partial charge is 0.255 e. The molecule has 1 fully saturated rings. The summed E-state index contributed by atoms with van der Waals surface area (Å²) in [4.78, 5) is 24.7. The molecule has 0 unspecified atom stereocenters. The van der Waals surface area contributed by atoms with Gasteiger partial charge in [-0.1, -0.05) is 11.6 Å². The van der Waals surface area contributed by atoms with E-state index in [0.717, 1.165) is 4.31 Å². The number of hydrogen-bond acceptors (Lipinski definition) is 4. The van der Waals surface area contributed by atoms with E-state index in [4.69, 9.17) is 17.3 Å². The minimum absolute atomic E-state index is 0.0165. The van der Waals surface area contributed by atoms with Crippen LogP contribution in [0.5, 0.6) is 0 Å². The van der Waals surface area contributed by atoms with Gasteiger partial charge >= 0.3 is 0 Å². The number of nitrogens with two attached hydrogens (primary N) is 1. The predicted octanol–water partition coefficient (Wildman–Crippen LogP) is 0.148. The second kappa shape index (κ2) is 5.86. The summed E-state index contributed by atoms with van der Waals surface area (Å²) in [7, 11) is -0.856. The first-order chi connectivity index (χ1) is 10.1. The van der Waals surface area contributed by atoms with Crippen LogP contribution >= 0.6 is 11.6 Å². The van der Waals surface area contributed by atoms with E-state index in [-0.39, 0.29) is 34.5 Å². The molecule has 1 aliphatic rings. The zero-order valence-electron chi connectivity index (χ0n) is 12.1. The Hall–Kier alpha value is -1.64. The molecule has 9 heteroatoms. The SMILES string of the molecule is CN(C)S(=O)(=O)c1ccc(Cl)c(C(=O)N2CC(C(N)=O)C2)c1. The Morgan fingerprint density at radius 3 is 2.41 bits per heavy atom. The molecular weight excluding hydrogens is 330 g/mol. The van der Waals surface area contributed by atoms with Crippen LogP contribution in [0.15, 0.2) is 23.1 Å². The molecule has 1 aromatic carbocycles. The molecule has 0 aliphatic carbocycles. The van der Waals surface area contributed by atoms with E-state index in [1.165, 1.54) is 37.2 Å². The van der Waals surface area contributed by atoms with Gasteiger partial charge in [0, 0.05) is 27.2 Å². The average molecular weight is 346 g/mol. The lowest BCUT2D eigenvalue weighted by Crippen LogP contribution is -2.54. The van der Waals surface area contributed by atoms with E-state index in [0.29, 0.717) is 0 Å². The van der Waals surface area contributed by atoms with Gasteiger partial charge in [0.2, 0.25) is 15.9 Å². The lowest BCUT2D eigenvalue weighted by molar-refractivity contribution is -0.125. The van der Waals surface area contributed by atoms with E-state index in [1.807, 2.05) is 0 Å². The highest BCUT2D eigenvalue weighted by Gasteiger charge is 2.35. The van der Waals surface area contributed by atoms with Crippen molar-refractivity contribution in [1.29, 1.82) is 0 Å². The number of sulfonamides is 1. The third-order valence-corrected chi connectivity index (χ3v) is 5.66. The first kappa shape index (κ1) is 16.7. The quantitative estimate of drug-likeness (QED) is 0.839. The van der Waals surface area contributed by atoms with Gasteiger partial charge in [-0.25, -0.2) is 12.7 Å². The minimum Gasteiger partial charge on any atom is -0.369 e. The summed E-state index contributed by atoms with van der Waals surface area (Å²) in [6.45, 7) is 0.435. The maximum atomic E-state index is 12.3. The van der Waals surface area contributed by atoms with Gasteiger partial charge in [0.1, 0.15) is 0 Å². The summed E-state index contributed by atoms with van der Waals surface area (Å²) in [5.74, 6) is -1.24. The summed E-state index contributed by atoms with van der Waals surface area (Å²) in [6, 6.07) is 3.96. The predicted molar refractivity (Wildman–Crippen MR) is 80.9 cm³/mol. The molecule has 0 bridgehead atoms. The fourth-order valence-electron chi connectivity index (χ4n) is 2.03. The molecule has 1 heterocycles. The fraction of sp³-hybridized carbons (Fsp3) is 0.385. The van der Waals surface area contributed by atoms with Crippen LogP contribution in [0.2, 0.25) is 5.02 Å². The van der Waals surface area contributed by atoms with E-state index in [1.54, 1.807) is 0 Å². The number of benzene rings is 1. The molecular formula is C13H16ClN3O4S. The van der Waals surface area contributed by atoms with Gasteiger partial charge < -0.3 is 10.6 Å². The summed E-state index contributed by atoms with van der Waals surface area (Å²) < 4.78 is 25.3. The summed E-state index contributed by atoms with van der Waals surface area (Å²) in [5.41, 5.74) is 5.25. The number of carbonyl (C=O) groups is 2. The Morgan fingerprint density at radius 1 is 1.32 bits per heavy atom. The number of hydrogen-bond donors (Lipinski definition) is 1. The zero-order valence-corrected chi connectivity index (χ0v) is 13.7. The van der Waals surface area contributed by atoms with Gasteiger partial charge in [-0.3, -0.25) is 9.59 Å². The maximum Gasteiger partial charge on any atom is 0.255 e. The van der Waals surface area contributed by atoms with Crippen molar-refractivity contribution < 1.29 is 18.0 Å². The van der Waals surface area contributed by atoms with Gasteiger partial charge in [0.05, 0.1) is 21.4 Å². The van der Waals surface area contributed by atoms with Crippen LogP contribution in [0.1, 0.15) is 10.4 Å². The highest BCUT2D eigenvalue weighted by atomic mass is 35.5. The van der Waals surface area contributed by atoms with Gasteiger partial charge in [0.15, 0.2) is 0 Å². The Bertz CT molecular complexity index is 727. The molecule has 1 aromatic rings. The van der Waals surface area contributed by atoms with Crippen LogP contribution in [-0.4, -0.2) is 56.6 Å². The largest absolute Gasteiger partial charge is 0.369 e. The molecule has 120 valence electrons. The van der Waals surface area contributed by atoms with Crippen LogP contribution in [0, 0.1) is 5.92 Å².